The van der Waals surface area contributed by atoms with Crippen molar-refractivity contribution in [1.29, 1.82) is 0 Å². The number of imide groups is 1. The predicted molar refractivity (Wildman–Crippen MR) is 119 cm³/mol. The lowest BCUT2D eigenvalue weighted by Gasteiger charge is -2.28. The Kier molecular flexibility index (Phi) is 6.31. The molecule has 168 valence electrons. The molecule has 10 heteroatoms. The molecule has 0 unspecified atom stereocenters. The quantitative estimate of drug-likeness (QED) is 0.647. The number of nitrogens with one attached hydrogen (secondary N) is 1. The average Bonchev–Trinajstić information content (AvgIpc) is 3.05. The van der Waals surface area contributed by atoms with Crippen LogP contribution < -0.4 is 15.1 Å². The predicted octanol–water partition coefficient (Wildman–Crippen LogP) is 1.39. The van der Waals surface area contributed by atoms with E-state index in [2.05, 4.69) is 15.3 Å². The zero-order chi connectivity index (χ0) is 22.7. The lowest BCUT2D eigenvalue weighted by atomic mass is 10.1. The number of anilines is 3. The van der Waals surface area contributed by atoms with Crippen LogP contribution in [0.25, 0.3) is 0 Å². The number of amides is 3. The fourth-order valence-electron chi connectivity index (χ4n) is 3.76. The molecule has 0 radical (unpaired) electrons. The molecule has 2 aromatic rings. The highest BCUT2D eigenvalue weighted by atomic mass is 16.5. The maximum atomic E-state index is 12.5. The van der Waals surface area contributed by atoms with Crippen molar-refractivity contribution in [3.8, 4) is 0 Å². The highest BCUT2D eigenvalue weighted by Gasteiger charge is 2.34. The standard InChI is InChI=1S/C22H26N6O4/c1-26(2)19-17(14-23-22(25-19)27-10-12-32-13-11-27)24-18(29)8-5-9-28-20(30)15-6-3-4-7-16(15)21(28)31/h3-4,6-7,14H,5,8-13H2,1-2H3,(H,24,29). The van der Waals surface area contributed by atoms with Gasteiger partial charge >= 0.3 is 0 Å². The molecular formula is C22H26N6O4. The van der Waals surface area contributed by atoms with E-state index < -0.39 is 0 Å². The Labute approximate surface area is 186 Å². The van der Waals surface area contributed by atoms with E-state index in [0.29, 0.717) is 48.2 Å². The van der Waals surface area contributed by atoms with E-state index in [1.54, 1.807) is 30.5 Å². The number of hydrogen-bond donors (Lipinski definition) is 1. The normalized spacial score (nSPS) is 15.7. The van der Waals surface area contributed by atoms with Gasteiger partial charge in [0.25, 0.3) is 11.8 Å². The first kappa shape index (κ1) is 21.7. The smallest absolute Gasteiger partial charge is 0.261 e. The van der Waals surface area contributed by atoms with Gasteiger partial charge in [0.15, 0.2) is 5.82 Å². The molecule has 4 rings (SSSR count). The van der Waals surface area contributed by atoms with Crippen molar-refractivity contribution in [3.63, 3.8) is 0 Å². The summed E-state index contributed by atoms with van der Waals surface area (Å²) in [7, 11) is 3.70. The first-order chi connectivity index (χ1) is 15.5. The number of carbonyl (C=O) groups is 3. The number of aromatic nitrogens is 2. The van der Waals surface area contributed by atoms with Gasteiger partial charge in [0, 0.05) is 40.2 Å². The van der Waals surface area contributed by atoms with Crippen molar-refractivity contribution >= 4 is 35.2 Å². The molecule has 2 aliphatic rings. The summed E-state index contributed by atoms with van der Waals surface area (Å²) in [5, 5.41) is 2.85. The minimum absolute atomic E-state index is 0.158. The van der Waals surface area contributed by atoms with Crippen LogP contribution >= 0.6 is 0 Å². The number of ether oxygens (including phenoxy) is 1. The van der Waals surface area contributed by atoms with Crippen molar-refractivity contribution in [3.05, 3.63) is 41.6 Å². The van der Waals surface area contributed by atoms with Gasteiger partial charge in [-0.1, -0.05) is 12.1 Å². The minimum Gasteiger partial charge on any atom is -0.378 e. The third-order valence-corrected chi connectivity index (χ3v) is 5.41. The minimum atomic E-state index is -0.312. The summed E-state index contributed by atoms with van der Waals surface area (Å²) in [6.45, 7) is 2.89. The molecule has 0 spiro atoms. The summed E-state index contributed by atoms with van der Waals surface area (Å²) < 4.78 is 5.37. The molecule has 1 saturated heterocycles. The average molecular weight is 438 g/mol. The highest BCUT2D eigenvalue weighted by molar-refractivity contribution is 6.21. The summed E-state index contributed by atoms with van der Waals surface area (Å²) in [6, 6.07) is 6.75. The third-order valence-electron chi connectivity index (χ3n) is 5.41. The highest BCUT2D eigenvalue weighted by Crippen LogP contribution is 2.25. The van der Waals surface area contributed by atoms with Gasteiger partial charge in [-0.15, -0.1) is 0 Å². The molecule has 1 N–H and O–H groups in total. The second-order valence-electron chi connectivity index (χ2n) is 7.86. The number of carbonyl (C=O) groups excluding carboxylic acids is 3. The van der Waals surface area contributed by atoms with Crippen LogP contribution in [0.15, 0.2) is 30.5 Å². The van der Waals surface area contributed by atoms with Crippen molar-refractivity contribution in [2.45, 2.75) is 12.8 Å². The van der Waals surface area contributed by atoms with Gasteiger partial charge < -0.3 is 19.9 Å². The molecule has 0 atom stereocenters. The van der Waals surface area contributed by atoms with Gasteiger partial charge in [0.2, 0.25) is 11.9 Å². The van der Waals surface area contributed by atoms with E-state index in [4.69, 9.17) is 4.74 Å². The molecule has 3 heterocycles. The van der Waals surface area contributed by atoms with Crippen LogP contribution in [0.1, 0.15) is 33.6 Å². The molecule has 2 aliphatic heterocycles. The Morgan fingerprint density at radius 3 is 2.41 bits per heavy atom. The molecule has 32 heavy (non-hydrogen) atoms. The number of nitrogens with zero attached hydrogens (tertiary/aromatic N) is 5. The molecule has 1 fully saturated rings. The monoisotopic (exact) mass is 438 g/mol. The van der Waals surface area contributed by atoms with Gasteiger partial charge in [-0.25, -0.2) is 4.98 Å². The molecule has 3 amide bonds. The number of morpholine rings is 1. The number of hydrogen-bond acceptors (Lipinski definition) is 8. The Hall–Kier alpha value is -3.53. The molecule has 1 aromatic heterocycles. The molecular weight excluding hydrogens is 412 g/mol. The SMILES string of the molecule is CN(C)c1nc(N2CCOCC2)ncc1NC(=O)CCCN1C(=O)c2ccccc2C1=O. The summed E-state index contributed by atoms with van der Waals surface area (Å²) in [5.41, 5.74) is 1.34. The second-order valence-corrected chi connectivity index (χ2v) is 7.86. The zero-order valence-electron chi connectivity index (χ0n) is 18.2. The number of fused-ring (bicyclic) bond motifs is 1. The zero-order valence-corrected chi connectivity index (χ0v) is 18.2. The molecule has 10 nitrogen and oxygen atoms in total. The Morgan fingerprint density at radius 2 is 1.78 bits per heavy atom. The van der Waals surface area contributed by atoms with Crippen LogP contribution in [0.4, 0.5) is 17.5 Å². The largest absolute Gasteiger partial charge is 0.378 e. The van der Waals surface area contributed by atoms with Gasteiger partial charge in [-0.3, -0.25) is 19.3 Å². The number of rotatable bonds is 7. The van der Waals surface area contributed by atoms with Crippen molar-refractivity contribution in [2.75, 3.05) is 62.1 Å². The van der Waals surface area contributed by atoms with Crippen molar-refractivity contribution < 1.29 is 19.1 Å². The summed E-state index contributed by atoms with van der Waals surface area (Å²) >= 11 is 0. The molecule has 1 aromatic carbocycles. The summed E-state index contributed by atoms with van der Waals surface area (Å²) in [5.74, 6) is 0.351. The van der Waals surface area contributed by atoms with Gasteiger partial charge in [-0.05, 0) is 18.6 Å². The van der Waals surface area contributed by atoms with Crippen LogP contribution in [0, 0.1) is 0 Å². The third kappa shape index (κ3) is 4.40. The van der Waals surface area contributed by atoms with Crippen LogP contribution in [0.5, 0.6) is 0 Å². The summed E-state index contributed by atoms with van der Waals surface area (Å²) in [6.07, 6.45) is 2.13. The molecule has 0 aliphatic carbocycles. The van der Waals surface area contributed by atoms with Gasteiger partial charge in [0.1, 0.15) is 5.69 Å². The van der Waals surface area contributed by atoms with Crippen LogP contribution in [0.2, 0.25) is 0 Å². The van der Waals surface area contributed by atoms with E-state index >= 15 is 0 Å². The van der Waals surface area contributed by atoms with Crippen LogP contribution in [-0.2, 0) is 9.53 Å². The molecule has 0 saturated carbocycles. The van der Waals surface area contributed by atoms with E-state index in [1.807, 2.05) is 23.9 Å². The first-order valence-corrected chi connectivity index (χ1v) is 10.6. The molecule has 0 bridgehead atoms. The first-order valence-electron chi connectivity index (χ1n) is 10.6. The van der Waals surface area contributed by atoms with E-state index in [1.165, 1.54) is 4.90 Å². The fraction of sp³-hybridized carbons (Fsp3) is 0.409. The van der Waals surface area contributed by atoms with Crippen LogP contribution in [-0.4, -0.2) is 79.5 Å². The Balaban J connectivity index is 1.35. The Morgan fingerprint density at radius 1 is 1.12 bits per heavy atom. The second kappa shape index (κ2) is 9.31. The maximum absolute atomic E-state index is 12.5. The Bertz CT molecular complexity index is 1000. The van der Waals surface area contributed by atoms with Crippen LogP contribution in [0.3, 0.4) is 0 Å². The fourth-order valence-corrected chi connectivity index (χ4v) is 3.76. The summed E-state index contributed by atoms with van der Waals surface area (Å²) in [4.78, 5) is 51.5. The van der Waals surface area contributed by atoms with Gasteiger partial charge in [-0.2, -0.15) is 4.98 Å². The van der Waals surface area contributed by atoms with Crippen molar-refractivity contribution in [2.24, 2.45) is 0 Å². The van der Waals surface area contributed by atoms with E-state index in [0.717, 1.165) is 13.1 Å². The lowest BCUT2D eigenvalue weighted by Crippen LogP contribution is -2.37. The van der Waals surface area contributed by atoms with Crippen molar-refractivity contribution in [1.82, 2.24) is 14.9 Å². The van der Waals surface area contributed by atoms with E-state index in [-0.39, 0.29) is 30.7 Å². The number of benzene rings is 1. The lowest BCUT2D eigenvalue weighted by molar-refractivity contribution is -0.116. The topological polar surface area (TPSA) is 108 Å². The van der Waals surface area contributed by atoms with E-state index in [9.17, 15) is 14.4 Å². The maximum Gasteiger partial charge on any atom is 0.261 e. The van der Waals surface area contributed by atoms with Gasteiger partial charge in [0.05, 0.1) is 30.5 Å².